The van der Waals surface area contributed by atoms with Crippen molar-refractivity contribution >= 4 is 5.91 Å². The Bertz CT molecular complexity index is 197. The van der Waals surface area contributed by atoms with Crippen LogP contribution in [0.1, 0.15) is 32.1 Å². The van der Waals surface area contributed by atoms with Crippen molar-refractivity contribution in [2.45, 2.75) is 43.7 Å². The summed E-state index contributed by atoms with van der Waals surface area (Å²) in [4.78, 5) is 16.2. The van der Waals surface area contributed by atoms with E-state index in [4.69, 9.17) is 10.6 Å². The third-order valence-electron chi connectivity index (χ3n) is 2.81. The summed E-state index contributed by atoms with van der Waals surface area (Å²) in [6, 6.07) is 0.301. The van der Waals surface area contributed by atoms with Crippen molar-refractivity contribution in [2.75, 3.05) is 0 Å². The zero-order valence-corrected chi connectivity index (χ0v) is 7.01. The predicted molar refractivity (Wildman–Crippen MR) is 43.0 cm³/mol. The lowest BCUT2D eigenvalue weighted by molar-refractivity contribution is -0.127. The van der Waals surface area contributed by atoms with Crippen LogP contribution in [0, 0.1) is 0 Å². The third-order valence-corrected chi connectivity index (χ3v) is 2.81. The van der Waals surface area contributed by atoms with E-state index in [0.29, 0.717) is 12.5 Å². The molecule has 1 heterocycles. The van der Waals surface area contributed by atoms with Gasteiger partial charge in [-0.05, 0) is 25.7 Å². The molecule has 1 saturated carbocycles. The maximum atomic E-state index is 10.9. The summed E-state index contributed by atoms with van der Waals surface area (Å²) < 4.78 is 0. The van der Waals surface area contributed by atoms with E-state index in [0.717, 1.165) is 25.7 Å². The Morgan fingerprint density at radius 2 is 2.17 bits per heavy atom. The zero-order chi connectivity index (χ0) is 8.60. The molecule has 1 spiro atoms. The molecule has 3 N–H and O–H groups in total. The molecule has 2 fully saturated rings. The van der Waals surface area contributed by atoms with E-state index >= 15 is 0 Å². The predicted octanol–water partition coefficient (Wildman–Crippen LogP) is 0.0780. The Morgan fingerprint density at radius 3 is 2.67 bits per heavy atom. The summed E-state index contributed by atoms with van der Waals surface area (Å²) >= 11 is 0. The number of nitrogens with one attached hydrogen (secondary N) is 1. The van der Waals surface area contributed by atoms with Crippen LogP contribution in [0.5, 0.6) is 0 Å². The number of hydroxylamine groups is 1. The van der Waals surface area contributed by atoms with E-state index in [2.05, 4.69) is 5.48 Å². The number of carbonyl (C=O) groups excluding carboxylic acids is 1. The molecule has 68 valence electrons. The van der Waals surface area contributed by atoms with Crippen LogP contribution in [-0.2, 0) is 9.63 Å². The number of rotatable bonds is 0. The highest BCUT2D eigenvalue weighted by molar-refractivity contribution is 5.77. The normalized spacial score (nSPS) is 41.8. The van der Waals surface area contributed by atoms with Gasteiger partial charge in [-0.2, -0.15) is 0 Å². The van der Waals surface area contributed by atoms with Crippen LogP contribution in [0.3, 0.4) is 0 Å². The summed E-state index contributed by atoms with van der Waals surface area (Å²) in [6.45, 7) is 0. The lowest BCUT2D eigenvalue weighted by Crippen LogP contribution is -2.39. The van der Waals surface area contributed by atoms with Gasteiger partial charge in [-0.1, -0.05) is 0 Å². The molecule has 0 unspecified atom stereocenters. The summed E-state index contributed by atoms with van der Waals surface area (Å²) in [5, 5.41) is 0. The quantitative estimate of drug-likeness (QED) is 0.541. The molecule has 4 nitrogen and oxygen atoms in total. The van der Waals surface area contributed by atoms with E-state index < -0.39 is 0 Å². The van der Waals surface area contributed by atoms with Crippen LogP contribution >= 0.6 is 0 Å². The van der Waals surface area contributed by atoms with E-state index in [9.17, 15) is 4.79 Å². The van der Waals surface area contributed by atoms with E-state index in [1.54, 1.807) is 0 Å². The fourth-order valence-electron chi connectivity index (χ4n) is 1.98. The number of nitrogens with two attached hydrogens (primary N) is 1. The van der Waals surface area contributed by atoms with E-state index in [1.807, 2.05) is 0 Å². The van der Waals surface area contributed by atoms with Crippen molar-refractivity contribution in [1.29, 1.82) is 0 Å². The van der Waals surface area contributed by atoms with Crippen molar-refractivity contribution in [3.63, 3.8) is 0 Å². The number of amides is 1. The van der Waals surface area contributed by atoms with Crippen LogP contribution in [0.25, 0.3) is 0 Å². The van der Waals surface area contributed by atoms with Gasteiger partial charge in [0.05, 0.1) is 6.42 Å². The molecular weight excluding hydrogens is 156 g/mol. The topological polar surface area (TPSA) is 64.4 Å². The molecule has 0 aromatic rings. The maximum absolute atomic E-state index is 10.9. The molecule has 4 heteroatoms. The molecule has 1 amide bonds. The molecule has 1 saturated heterocycles. The van der Waals surface area contributed by atoms with Gasteiger partial charge in [0, 0.05) is 6.04 Å². The Kier molecular flexibility index (Phi) is 1.81. The number of carbonyl (C=O) groups is 1. The Labute approximate surface area is 71.4 Å². The van der Waals surface area contributed by atoms with Gasteiger partial charge >= 0.3 is 0 Å². The Morgan fingerprint density at radius 1 is 1.50 bits per heavy atom. The SMILES string of the molecule is NC1CCC2(CC1)CC(=O)NO2. The van der Waals surface area contributed by atoms with E-state index in [1.165, 1.54) is 0 Å². The lowest BCUT2D eigenvalue weighted by Gasteiger charge is -2.32. The highest BCUT2D eigenvalue weighted by Gasteiger charge is 2.42. The fraction of sp³-hybridized carbons (Fsp3) is 0.875. The molecule has 0 bridgehead atoms. The van der Waals surface area contributed by atoms with Gasteiger partial charge in [-0.15, -0.1) is 0 Å². The first-order valence-corrected chi connectivity index (χ1v) is 4.43. The van der Waals surface area contributed by atoms with Crippen LogP contribution < -0.4 is 11.2 Å². The Balaban J connectivity index is 1.99. The minimum atomic E-state index is -0.215. The first-order valence-electron chi connectivity index (χ1n) is 4.43. The van der Waals surface area contributed by atoms with Crippen molar-refractivity contribution in [3.8, 4) is 0 Å². The smallest absolute Gasteiger partial charge is 0.246 e. The minimum Gasteiger partial charge on any atom is -0.328 e. The van der Waals surface area contributed by atoms with Crippen LogP contribution in [0.2, 0.25) is 0 Å². The minimum absolute atomic E-state index is 0.00507. The monoisotopic (exact) mass is 170 g/mol. The molecule has 0 atom stereocenters. The second-order valence-electron chi connectivity index (χ2n) is 3.82. The van der Waals surface area contributed by atoms with Gasteiger partial charge in [0.2, 0.25) is 5.91 Å². The van der Waals surface area contributed by atoms with E-state index in [-0.39, 0.29) is 11.5 Å². The van der Waals surface area contributed by atoms with Gasteiger partial charge in [0.15, 0.2) is 0 Å². The molecule has 0 aromatic heterocycles. The van der Waals surface area contributed by atoms with Gasteiger partial charge in [-0.25, -0.2) is 5.48 Å². The van der Waals surface area contributed by atoms with Crippen LogP contribution in [0.15, 0.2) is 0 Å². The van der Waals surface area contributed by atoms with Crippen molar-refractivity contribution in [2.24, 2.45) is 5.73 Å². The van der Waals surface area contributed by atoms with Crippen LogP contribution in [0.4, 0.5) is 0 Å². The number of hydrogen-bond donors (Lipinski definition) is 2. The fourth-order valence-corrected chi connectivity index (χ4v) is 1.98. The molecule has 2 rings (SSSR count). The second kappa shape index (κ2) is 2.71. The average molecular weight is 170 g/mol. The highest BCUT2D eigenvalue weighted by atomic mass is 16.7. The second-order valence-corrected chi connectivity index (χ2v) is 3.82. The molecule has 2 aliphatic rings. The van der Waals surface area contributed by atoms with Gasteiger partial charge < -0.3 is 5.73 Å². The molecule has 12 heavy (non-hydrogen) atoms. The van der Waals surface area contributed by atoms with Crippen molar-refractivity contribution in [3.05, 3.63) is 0 Å². The molecule has 1 aliphatic heterocycles. The van der Waals surface area contributed by atoms with Gasteiger partial charge in [-0.3, -0.25) is 9.63 Å². The molecule has 1 aliphatic carbocycles. The summed E-state index contributed by atoms with van der Waals surface area (Å²) in [5.41, 5.74) is 7.96. The molecular formula is C8H14N2O2. The highest BCUT2D eigenvalue weighted by Crippen LogP contribution is 2.35. The summed E-state index contributed by atoms with van der Waals surface area (Å²) in [5.74, 6) is 0.00507. The zero-order valence-electron chi connectivity index (χ0n) is 7.01. The molecule has 0 radical (unpaired) electrons. The van der Waals surface area contributed by atoms with Crippen LogP contribution in [-0.4, -0.2) is 17.6 Å². The molecule has 0 aromatic carbocycles. The first kappa shape index (κ1) is 8.01. The standard InChI is InChI=1S/C8H14N2O2/c9-6-1-3-8(4-2-6)5-7(11)10-12-8/h6H,1-5,9H2,(H,10,11). The van der Waals surface area contributed by atoms with Crippen molar-refractivity contribution in [1.82, 2.24) is 5.48 Å². The van der Waals surface area contributed by atoms with Gasteiger partial charge in [0.25, 0.3) is 0 Å². The van der Waals surface area contributed by atoms with Gasteiger partial charge in [0.1, 0.15) is 5.60 Å². The Hall–Kier alpha value is -0.610. The average Bonchev–Trinajstić information content (AvgIpc) is 2.40. The first-order chi connectivity index (χ1) is 5.70. The maximum Gasteiger partial charge on any atom is 0.246 e. The number of hydrogen-bond acceptors (Lipinski definition) is 3. The summed E-state index contributed by atoms with van der Waals surface area (Å²) in [6.07, 6.45) is 4.27. The lowest BCUT2D eigenvalue weighted by atomic mass is 9.81. The van der Waals surface area contributed by atoms with Crippen molar-refractivity contribution < 1.29 is 9.63 Å². The third kappa shape index (κ3) is 1.32. The summed E-state index contributed by atoms with van der Waals surface area (Å²) in [7, 11) is 0. The largest absolute Gasteiger partial charge is 0.328 e.